The van der Waals surface area contributed by atoms with Gasteiger partial charge >= 0.3 is 0 Å². The maximum Gasteiger partial charge on any atom is 0.0396 e. The molecular weight excluding hydrogens is 194 g/mol. The molecule has 0 fully saturated rings. The fourth-order valence-electron chi connectivity index (χ4n) is 1.75. The van der Waals surface area contributed by atoms with Gasteiger partial charge in [-0.1, -0.05) is 49.0 Å². The Bertz CT molecular complexity index is 512. The van der Waals surface area contributed by atoms with Gasteiger partial charge in [-0.25, -0.2) is 0 Å². The molecule has 0 amide bonds. The molecule has 0 unspecified atom stereocenters. The van der Waals surface area contributed by atoms with E-state index in [1.807, 2.05) is 49.4 Å². The largest absolute Gasteiger partial charge is 0.398 e. The van der Waals surface area contributed by atoms with Crippen LogP contribution in [-0.2, 0) is 0 Å². The first-order valence-corrected chi connectivity index (χ1v) is 5.29. The van der Waals surface area contributed by atoms with Crippen LogP contribution < -0.4 is 5.73 Å². The van der Waals surface area contributed by atoms with Gasteiger partial charge in [0.25, 0.3) is 0 Å². The molecule has 0 spiro atoms. The Kier molecular flexibility index (Phi) is 2.78. The zero-order chi connectivity index (χ0) is 11.5. The summed E-state index contributed by atoms with van der Waals surface area (Å²) in [5, 5.41) is 0. The Balaban J connectivity index is 2.42. The minimum atomic E-state index is 0.786. The van der Waals surface area contributed by atoms with Crippen molar-refractivity contribution in [1.29, 1.82) is 0 Å². The summed E-state index contributed by atoms with van der Waals surface area (Å²) in [7, 11) is 0. The van der Waals surface area contributed by atoms with Gasteiger partial charge in [0.15, 0.2) is 0 Å². The first kappa shape index (κ1) is 10.5. The Morgan fingerprint density at radius 3 is 2.38 bits per heavy atom. The standard InChI is InChI=1S/C15H15N/c1-11-8-9-14(15(16)10-11)12(2)13-6-4-3-5-7-13/h3-10H,2,16H2,1H3. The lowest BCUT2D eigenvalue weighted by Crippen LogP contribution is -1.94. The number of rotatable bonds is 2. The second-order valence-electron chi connectivity index (χ2n) is 3.94. The predicted molar refractivity (Wildman–Crippen MR) is 70.2 cm³/mol. The van der Waals surface area contributed by atoms with Gasteiger partial charge in [0, 0.05) is 11.3 Å². The van der Waals surface area contributed by atoms with Crippen molar-refractivity contribution in [3.05, 3.63) is 71.8 Å². The monoisotopic (exact) mass is 209 g/mol. The molecule has 2 N–H and O–H groups in total. The van der Waals surface area contributed by atoms with Crippen LogP contribution in [0.4, 0.5) is 5.69 Å². The van der Waals surface area contributed by atoms with Crippen molar-refractivity contribution in [2.45, 2.75) is 6.92 Å². The molecular formula is C15H15N. The molecule has 0 aliphatic carbocycles. The SMILES string of the molecule is C=C(c1ccccc1)c1ccc(C)cc1N. The third-order valence-electron chi connectivity index (χ3n) is 2.65. The van der Waals surface area contributed by atoms with Gasteiger partial charge in [0.2, 0.25) is 0 Å². The number of hydrogen-bond donors (Lipinski definition) is 1. The molecule has 0 aromatic heterocycles. The minimum Gasteiger partial charge on any atom is -0.398 e. The van der Waals surface area contributed by atoms with Crippen LogP contribution in [0, 0.1) is 6.92 Å². The number of anilines is 1. The first-order chi connectivity index (χ1) is 7.68. The predicted octanol–water partition coefficient (Wildman–Crippen LogP) is 3.64. The second kappa shape index (κ2) is 4.23. The van der Waals surface area contributed by atoms with E-state index < -0.39 is 0 Å². The maximum atomic E-state index is 6.00. The summed E-state index contributed by atoms with van der Waals surface area (Å²) >= 11 is 0. The van der Waals surface area contributed by atoms with Gasteiger partial charge in [-0.2, -0.15) is 0 Å². The van der Waals surface area contributed by atoms with Gasteiger partial charge in [0.1, 0.15) is 0 Å². The average Bonchev–Trinajstić information content (AvgIpc) is 2.29. The zero-order valence-electron chi connectivity index (χ0n) is 9.40. The van der Waals surface area contributed by atoms with Crippen LogP contribution in [0.25, 0.3) is 5.57 Å². The molecule has 0 atom stereocenters. The summed E-state index contributed by atoms with van der Waals surface area (Å²) in [4.78, 5) is 0. The highest BCUT2D eigenvalue weighted by atomic mass is 14.6. The van der Waals surface area contributed by atoms with E-state index in [1.165, 1.54) is 5.56 Å². The third kappa shape index (κ3) is 1.98. The maximum absolute atomic E-state index is 6.00. The van der Waals surface area contributed by atoms with Crippen LogP contribution in [0.3, 0.4) is 0 Å². The Morgan fingerprint density at radius 1 is 1.06 bits per heavy atom. The topological polar surface area (TPSA) is 26.0 Å². The molecule has 0 radical (unpaired) electrons. The lowest BCUT2D eigenvalue weighted by atomic mass is 9.97. The summed E-state index contributed by atoms with van der Waals surface area (Å²) in [5.74, 6) is 0. The summed E-state index contributed by atoms with van der Waals surface area (Å²) in [6.45, 7) is 6.14. The van der Waals surface area contributed by atoms with E-state index >= 15 is 0 Å². The van der Waals surface area contributed by atoms with E-state index in [2.05, 4.69) is 12.6 Å². The molecule has 16 heavy (non-hydrogen) atoms. The van der Waals surface area contributed by atoms with E-state index in [0.717, 1.165) is 22.4 Å². The number of nitrogens with two attached hydrogens (primary N) is 1. The van der Waals surface area contributed by atoms with Gasteiger partial charge in [-0.15, -0.1) is 0 Å². The summed E-state index contributed by atoms with van der Waals surface area (Å²) in [6.07, 6.45) is 0. The van der Waals surface area contributed by atoms with Crippen LogP contribution in [0.1, 0.15) is 16.7 Å². The lowest BCUT2D eigenvalue weighted by Gasteiger charge is -2.10. The smallest absolute Gasteiger partial charge is 0.0396 e. The third-order valence-corrected chi connectivity index (χ3v) is 2.65. The number of nitrogen functional groups attached to an aromatic ring is 1. The van der Waals surface area contributed by atoms with Crippen LogP contribution in [0.15, 0.2) is 55.1 Å². The zero-order valence-corrected chi connectivity index (χ0v) is 9.40. The molecule has 2 aromatic rings. The molecule has 2 aromatic carbocycles. The number of aryl methyl sites for hydroxylation is 1. The van der Waals surface area contributed by atoms with Gasteiger partial charge in [-0.3, -0.25) is 0 Å². The average molecular weight is 209 g/mol. The molecule has 0 aliphatic rings. The summed E-state index contributed by atoms with van der Waals surface area (Å²) < 4.78 is 0. The highest BCUT2D eigenvalue weighted by molar-refractivity contribution is 5.84. The molecule has 0 bridgehead atoms. The van der Waals surface area contributed by atoms with E-state index in [9.17, 15) is 0 Å². The van der Waals surface area contributed by atoms with Gasteiger partial charge in [0.05, 0.1) is 0 Å². The highest BCUT2D eigenvalue weighted by Gasteiger charge is 2.05. The van der Waals surface area contributed by atoms with Crippen LogP contribution in [-0.4, -0.2) is 0 Å². The van der Waals surface area contributed by atoms with Crippen LogP contribution >= 0.6 is 0 Å². The fourth-order valence-corrected chi connectivity index (χ4v) is 1.75. The van der Waals surface area contributed by atoms with E-state index in [1.54, 1.807) is 0 Å². The Labute approximate surface area is 96.2 Å². The van der Waals surface area contributed by atoms with Crippen molar-refractivity contribution in [2.75, 3.05) is 5.73 Å². The van der Waals surface area contributed by atoms with E-state index in [0.29, 0.717) is 0 Å². The van der Waals surface area contributed by atoms with Crippen LogP contribution in [0.5, 0.6) is 0 Å². The van der Waals surface area contributed by atoms with E-state index in [-0.39, 0.29) is 0 Å². The molecule has 2 rings (SSSR count). The van der Waals surface area contributed by atoms with Crippen molar-refractivity contribution in [3.63, 3.8) is 0 Å². The minimum absolute atomic E-state index is 0.786. The van der Waals surface area contributed by atoms with Crippen LogP contribution in [0.2, 0.25) is 0 Å². The highest BCUT2D eigenvalue weighted by Crippen LogP contribution is 2.26. The molecule has 0 saturated carbocycles. The summed E-state index contributed by atoms with van der Waals surface area (Å²) in [6, 6.07) is 16.2. The molecule has 1 heteroatoms. The quantitative estimate of drug-likeness (QED) is 0.751. The van der Waals surface area contributed by atoms with Gasteiger partial charge < -0.3 is 5.73 Å². The van der Waals surface area contributed by atoms with Crippen molar-refractivity contribution in [3.8, 4) is 0 Å². The van der Waals surface area contributed by atoms with Gasteiger partial charge in [-0.05, 0) is 29.7 Å². The fraction of sp³-hybridized carbons (Fsp3) is 0.0667. The molecule has 0 aliphatic heterocycles. The van der Waals surface area contributed by atoms with Crippen molar-refractivity contribution in [1.82, 2.24) is 0 Å². The number of hydrogen-bond acceptors (Lipinski definition) is 1. The molecule has 0 saturated heterocycles. The van der Waals surface area contributed by atoms with Crippen molar-refractivity contribution >= 4 is 11.3 Å². The number of benzene rings is 2. The van der Waals surface area contributed by atoms with E-state index in [4.69, 9.17) is 5.73 Å². The Morgan fingerprint density at radius 2 is 1.75 bits per heavy atom. The summed E-state index contributed by atoms with van der Waals surface area (Å²) in [5.41, 5.74) is 11.0. The van der Waals surface area contributed by atoms with Crippen molar-refractivity contribution < 1.29 is 0 Å². The Hall–Kier alpha value is -2.02. The van der Waals surface area contributed by atoms with Crippen molar-refractivity contribution in [2.24, 2.45) is 0 Å². The molecule has 0 heterocycles. The normalized spacial score (nSPS) is 10.1. The molecule has 80 valence electrons. The molecule has 1 nitrogen and oxygen atoms in total. The first-order valence-electron chi connectivity index (χ1n) is 5.29. The second-order valence-corrected chi connectivity index (χ2v) is 3.94. The lowest BCUT2D eigenvalue weighted by molar-refractivity contribution is 1.45.